The van der Waals surface area contributed by atoms with Crippen molar-refractivity contribution in [3.05, 3.63) is 0 Å². The number of amides is 1. The van der Waals surface area contributed by atoms with Gasteiger partial charge in [0.15, 0.2) is 0 Å². The molecule has 2 saturated heterocycles. The lowest BCUT2D eigenvalue weighted by Gasteiger charge is -2.47. The van der Waals surface area contributed by atoms with Crippen LogP contribution in [-0.2, 0) is 4.74 Å². The number of hydrogen-bond acceptors (Lipinski definition) is 2. The van der Waals surface area contributed by atoms with Gasteiger partial charge in [0.05, 0.1) is 6.61 Å². The van der Waals surface area contributed by atoms with Crippen LogP contribution in [0.4, 0.5) is 4.79 Å². The third-order valence-corrected chi connectivity index (χ3v) is 5.51. The van der Waals surface area contributed by atoms with Gasteiger partial charge in [-0.3, -0.25) is 0 Å². The minimum atomic E-state index is -0.110. The summed E-state index contributed by atoms with van der Waals surface area (Å²) >= 11 is 0. The predicted octanol–water partition coefficient (Wildman–Crippen LogP) is 0.854. The van der Waals surface area contributed by atoms with E-state index in [0.717, 1.165) is 13.1 Å². The predicted molar refractivity (Wildman–Crippen MR) is 53.8 cm³/mol. The first kappa shape index (κ1) is 9.06. The molecule has 0 saturated carbocycles. The smallest absolute Gasteiger partial charge is 0.409 e. The molecule has 4 heteroatoms. The second-order valence-corrected chi connectivity index (χ2v) is 6.18. The third-order valence-electron chi connectivity index (χ3n) is 3.24. The van der Waals surface area contributed by atoms with Gasteiger partial charge < -0.3 is 9.64 Å². The topological polar surface area (TPSA) is 29.5 Å². The summed E-state index contributed by atoms with van der Waals surface area (Å²) in [4.78, 5) is 13.1. The fourth-order valence-corrected chi connectivity index (χ4v) is 5.11. The average Bonchev–Trinajstić information content (AvgIpc) is 2.49. The SMILES string of the molecule is CCOC(=O)N1CC2(CC[SiH2]C2)C1. The number of carbonyl (C=O) groups is 1. The minimum Gasteiger partial charge on any atom is -0.450 e. The lowest BCUT2D eigenvalue weighted by atomic mass is 9.80. The van der Waals surface area contributed by atoms with Crippen LogP contribution < -0.4 is 0 Å². The molecule has 3 nitrogen and oxygen atoms in total. The third kappa shape index (κ3) is 1.59. The van der Waals surface area contributed by atoms with E-state index in [2.05, 4.69) is 0 Å². The Labute approximate surface area is 81.3 Å². The molecule has 0 aromatic carbocycles. The summed E-state index contributed by atoms with van der Waals surface area (Å²) in [6.07, 6.45) is 1.26. The van der Waals surface area contributed by atoms with E-state index in [9.17, 15) is 4.79 Å². The van der Waals surface area contributed by atoms with Crippen LogP contribution >= 0.6 is 0 Å². The van der Waals surface area contributed by atoms with Gasteiger partial charge in [0, 0.05) is 28.0 Å². The average molecular weight is 199 g/mol. The van der Waals surface area contributed by atoms with Crippen LogP contribution in [0.5, 0.6) is 0 Å². The number of carbonyl (C=O) groups excluding carboxylic acids is 1. The van der Waals surface area contributed by atoms with Crippen LogP contribution in [0.2, 0.25) is 12.1 Å². The molecular formula is C9H17NO2Si. The summed E-state index contributed by atoms with van der Waals surface area (Å²) in [5.41, 5.74) is 0.555. The van der Waals surface area contributed by atoms with E-state index in [4.69, 9.17) is 4.74 Å². The van der Waals surface area contributed by atoms with E-state index in [0.29, 0.717) is 12.0 Å². The molecule has 0 radical (unpaired) electrons. The number of nitrogens with zero attached hydrogens (tertiary/aromatic N) is 1. The van der Waals surface area contributed by atoms with Gasteiger partial charge in [0.1, 0.15) is 0 Å². The van der Waals surface area contributed by atoms with Crippen molar-refractivity contribution in [2.45, 2.75) is 25.4 Å². The highest BCUT2D eigenvalue weighted by molar-refractivity contribution is 6.37. The zero-order valence-corrected chi connectivity index (χ0v) is 9.63. The van der Waals surface area contributed by atoms with Gasteiger partial charge in [-0.1, -0.05) is 12.1 Å². The Morgan fingerprint density at radius 2 is 2.38 bits per heavy atom. The van der Waals surface area contributed by atoms with Gasteiger partial charge in [0.2, 0.25) is 0 Å². The maximum atomic E-state index is 11.3. The quantitative estimate of drug-likeness (QED) is 0.586. The van der Waals surface area contributed by atoms with Crippen molar-refractivity contribution in [3.8, 4) is 0 Å². The molecule has 0 unspecified atom stereocenters. The molecule has 0 bridgehead atoms. The van der Waals surface area contributed by atoms with Crippen LogP contribution in [0.1, 0.15) is 13.3 Å². The molecule has 2 rings (SSSR count). The van der Waals surface area contributed by atoms with Crippen LogP contribution in [0.25, 0.3) is 0 Å². The molecule has 2 aliphatic rings. The van der Waals surface area contributed by atoms with Crippen LogP contribution in [0.15, 0.2) is 0 Å². The van der Waals surface area contributed by atoms with E-state index in [-0.39, 0.29) is 15.6 Å². The maximum Gasteiger partial charge on any atom is 0.409 e. The Hall–Kier alpha value is -0.513. The van der Waals surface area contributed by atoms with Crippen molar-refractivity contribution in [2.75, 3.05) is 19.7 Å². The maximum absolute atomic E-state index is 11.3. The van der Waals surface area contributed by atoms with E-state index < -0.39 is 0 Å². The highest BCUT2D eigenvalue weighted by Crippen LogP contribution is 2.43. The zero-order chi connectivity index (χ0) is 9.31. The van der Waals surface area contributed by atoms with Crippen LogP contribution in [0.3, 0.4) is 0 Å². The molecule has 0 N–H and O–H groups in total. The number of rotatable bonds is 1. The molecule has 0 atom stereocenters. The first-order chi connectivity index (χ1) is 6.26. The Bertz CT molecular complexity index is 206. The molecule has 2 aliphatic heterocycles. The van der Waals surface area contributed by atoms with Crippen molar-refractivity contribution in [1.29, 1.82) is 0 Å². The van der Waals surface area contributed by atoms with Crippen LogP contribution in [-0.4, -0.2) is 40.2 Å². The largest absolute Gasteiger partial charge is 0.450 e. The molecule has 13 heavy (non-hydrogen) atoms. The number of hydrogen-bond donors (Lipinski definition) is 0. The fraction of sp³-hybridized carbons (Fsp3) is 0.889. The van der Waals surface area contributed by atoms with Crippen molar-refractivity contribution >= 4 is 15.6 Å². The zero-order valence-electron chi connectivity index (χ0n) is 8.21. The number of likely N-dealkylation sites (tertiary alicyclic amines) is 1. The second-order valence-electron chi connectivity index (χ2n) is 4.26. The minimum absolute atomic E-state index is 0.110. The van der Waals surface area contributed by atoms with Crippen LogP contribution in [0, 0.1) is 5.41 Å². The fourth-order valence-electron chi connectivity index (χ4n) is 2.55. The molecule has 0 aromatic heterocycles. The lowest BCUT2D eigenvalue weighted by molar-refractivity contribution is 0.0112. The molecule has 1 amide bonds. The van der Waals surface area contributed by atoms with Gasteiger partial charge in [0.25, 0.3) is 0 Å². The van der Waals surface area contributed by atoms with Gasteiger partial charge in [-0.15, -0.1) is 0 Å². The normalized spacial score (nSPS) is 26.4. The standard InChI is InChI=1S/C9H17NO2Si/c1-2-12-8(11)10-5-9(6-10)3-4-13-7-9/h2-7,13H2,1H3. The highest BCUT2D eigenvalue weighted by Gasteiger charge is 2.47. The Morgan fingerprint density at radius 1 is 1.62 bits per heavy atom. The Balaban J connectivity index is 1.80. The molecule has 0 aliphatic carbocycles. The first-order valence-corrected chi connectivity index (χ1v) is 7.17. The van der Waals surface area contributed by atoms with E-state index in [1.54, 1.807) is 0 Å². The Kier molecular flexibility index (Phi) is 2.32. The molecule has 2 heterocycles. The van der Waals surface area contributed by atoms with Gasteiger partial charge in [-0.2, -0.15) is 0 Å². The lowest BCUT2D eigenvalue weighted by Crippen LogP contribution is -2.57. The Morgan fingerprint density at radius 3 is 2.92 bits per heavy atom. The number of ether oxygens (including phenoxy) is 1. The van der Waals surface area contributed by atoms with Crippen molar-refractivity contribution in [3.63, 3.8) is 0 Å². The summed E-state index contributed by atoms with van der Waals surface area (Å²) in [6, 6.07) is 2.93. The summed E-state index contributed by atoms with van der Waals surface area (Å²) in [5, 5.41) is 0. The van der Waals surface area contributed by atoms with Crippen molar-refractivity contribution in [2.24, 2.45) is 5.41 Å². The van der Waals surface area contributed by atoms with Gasteiger partial charge in [-0.25, -0.2) is 4.79 Å². The summed E-state index contributed by atoms with van der Waals surface area (Å²) in [6.45, 7) is 4.30. The second kappa shape index (κ2) is 3.33. The van der Waals surface area contributed by atoms with E-state index in [1.807, 2.05) is 11.8 Å². The van der Waals surface area contributed by atoms with Gasteiger partial charge in [-0.05, 0) is 13.3 Å². The molecule has 74 valence electrons. The molecule has 1 spiro atoms. The molecule has 0 aromatic rings. The first-order valence-electron chi connectivity index (χ1n) is 5.17. The van der Waals surface area contributed by atoms with E-state index in [1.165, 1.54) is 18.5 Å². The summed E-state index contributed by atoms with van der Waals surface area (Å²) < 4.78 is 4.95. The molecule has 2 fully saturated rings. The summed E-state index contributed by atoms with van der Waals surface area (Å²) in [5.74, 6) is 0. The molecular weight excluding hydrogens is 182 g/mol. The van der Waals surface area contributed by atoms with E-state index >= 15 is 0 Å². The van der Waals surface area contributed by atoms with Crippen molar-refractivity contribution in [1.82, 2.24) is 4.90 Å². The monoisotopic (exact) mass is 199 g/mol. The highest BCUT2D eigenvalue weighted by atomic mass is 28.2. The summed E-state index contributed by atoms with van der Waals surface area (Å²) in [7, 11) is 0.242. The van der Waals surface area contributed by atoms with Crippen molar-refractivity contribution < 1.29 is 9.53 Å². The van der Waals surface area contributed by atoms with Gasteiger partial charge >= 0.3 is 6.09 Å².